The van der Waals surface area contributed by atoms with Crippen LogP contribution in [0.2, 0.25) is 0 Å². The van der Waals surface area contributed by atoms with Crippen LogP contribution in [0, 0.1) is 0 Å². The van der Waals surface area contributed by atoms with Crippen molar-refractivity contribution in [2.75, 3.05) is 0 Å². The van der Waals surface area contributed by atoms with Gasteiger partial charge < -0.3 is 0 Å². The van der Waals surface area contributed by atoms with E-state index < -0.39 is 0 Å². The van der Waals surface area contributed by atoms with Crippen LogP contribution in [0.4, 0.5) is 0 Å². The zero-order valence-electron chi connectivity index (χ0n) is 4.37. The van der Waals surface area contributed by atoms with Crippen molar-refractivity contribution >= 4 is 0 Å². The zero-order chi connectivity index (χ0) is 5.82. The first-order chi connectivity index (χ1) is 3.93. The van der Waals surface area contributed by atoms with E-state index in [1.165, 1.54) is 20.8 Å². The van der Waals surface area contributed by atoms with Gasteiger partial charge in [0.1, 0.15) is 0 Å². The summed E-state index contributed by atoms with van der Waals surface area (Å²) in [6.45, 7) is 0. The predicted molar refractivity (Wildman–Crippen MR) is 28.5 cm³/mol. The summed E-state index contributed by atoms with van der Waals surface area (Å²) in [5.74, 6) is 0.938. The average molecular weight is 142 g/mol. The van der Waals surface area contributed by atoms with Gasteiger partial charge in [-0.05, 0) is 0 Å². The van der Waals surface area contributed by atoms with Gasteiger partial charge in [0.05, 0.1) is 0 Å². The van der Waals surface area contributed by atoms with Gasteiger partial charge in [-0.2, -0.15) is 0 Å². The van der Waals surface area contributed by atoms with Gasteiger partial charge in [0.2, 0.25) is 0 Å². The van der Waals surface area contributed by atoms with Crippen molar-refractivity contribution in [2.24, 2.45) is 0 Å². The van der Waals surface area contributed by atoms with Crippen molar-refractivity contribution in [3.63, 3.8) is 0 Å². The molecule has 40 valence electrons. The standard InChI is InChI=1S/C6H6O.Ti.H/c7-6-4-2-1-3-5-6;;/h1-5,7H;;/q;+1;/p-1. The number of hydrogen-bond acceptors (Lipinski definition) is 1. The summed E-state index contributed by atoms with van der Waals surface area (Å²) in [6, 6.07) is 9.74. The molecule has 0 atom stereocenters. The first-order valence-electron chi connectivity index (χ1n) is 2.35. The second-order valence-electron chi connectivity index (χ2n) is 1.43. The van der Waals surface area contributed by atoms with Crippen LogP contribution in [-0.2, 0) is 20.8 Å². The Kier molecular flexibility index (Phi) is 2.13. The van der Waals surface area contributed by atoms with Crippen LogP contribution in [0.25, 0.3) is 0 Å². The molecule has 1 nitrogen and oxygen atoms in total. The van der Waals surface area contributed by atoms with Crippen molar-refractivity contribution in [1.82, 2.24) is 0 Å². The van der Waals surface area contributed by atoms with Crippen LogP contribution in [0.15, 0.2) is 30.3 Å². The molecule has 0 bridgehead atoms. The average Bonchev–Trinajstić information content (AvgIpc) is 1.90. The Bertz CT molecular complexity index is 150. The summed E-state index contributed by atoms with van der Waals surface area (Å²) in [7, 11) is 0. The Morgan fingerprint density at radius 2 is 1.75 bits per heavy atom. The van der Waals surface area contributed by atoms with Crippen LogP contribution >= 0.6 is 0 Å². The molecular weight excluding hydrogens is 136 g/mol. The predicted octanol–water partition coefficient (Wildman–Crippen LogP) is 1.26. The molecule has 0 spiro atoms. The van der Waals surface area contributed by atoms with E-state index in [-0.39, 0.29) is 0 Å². The minimum absolute atomic E-state index is 0.938. The van der Waals surface area contributed by atoms with Gasteiger partial charge in [0.25, 0.3) is 0 Å². The topological polar surface area (TPSA) is 9.23 Å². The second-order valence-corrected chi connectivity index (χ2v) is 1.80. The molecule has 0 N–H and O–H groups in total. The molecule has 8 heavy (non-hydrogen) atoms. The first kappa shape index (κ1) is 5.86. The molecule has 0 saturated heterocycles. The van der Waals surface area contributed by atoms with Crippen LogP contribution in [-0.4, -0.2) is 0 Å². The molecule has 2 heteroatoms. The fraction of sp³-hybridized carbons (Fsp3) is 0. The van der Waals surface area contributed by atoms with Crippen molar-refractivity contribution in [3.05, 3.63) is 30.3 Å². The molecule has 0 aliphatic carbocycles. The normalized spacial score (nSPS) is 8.50. The molecule has 0 aliphatic heterocycles. The molecule has 0 fully saturated rings. The van der Waals surface area contributed by atoms with Crippen molar-refractivity contribution in [3.8, 4) is 5.75 Å². The van der Waals surface area contributed by atoms with Gasteiger partial charge in [-0.25, -0.2) is 0 Å². The molecule has 0 aromatic heterocycles. The Balaban J connectivity index is 2.83. The Morgan fingerprint density at radius 1 is 1.12 bits per heavy atom. The molecule has 1 rings (SSSR count). The Morgan fingerprint density at radius 3 is 2.12 bits per heavy atom. The molecule has 0 unspecified atom stereocenters. The van der Waals surface area contributed by atoms with Gasteiger partial charge in [0, 0.05) is 0 Å². The van der Waals surface area contributed by atoms with E-state index in [1.807, 2.05) is 30.3 Å². The molecule has 1 aromatic carbocycles. The maximum atomic E-state index is 4.98. The van der Waals surface area contributed by atoms with E-state index in [2.05, 4.69) is 0 Å². The first-order valence-corrected chi connectivity index (χ1v) is 3.09. The molecule has 0 amide bonds. The van der Waals surface area contributed by atoms with Crippen LogP contribution in [0.5, 0.6) is 5.75 Å². The van der Waals surface area contributed by atoms with Gasteiger partial charge in [0.15, 0.2) is 0 Å². The molecule has 0 heterocycles. The summed E-state index contributed by atoms with van der Waals surface area (Å²) in [5, 5.41) is 0. The number of rotatable bonds is 1. The van der Waals surface area contributed by atoms with E-state index in [4.69, 9.17) is 3.32 Å². The summed E-state index contributed by atoms with van der Waals surface area (Å²) >= 11 is 1.26. The number of para-hydroxylation sites is 1. The third kappa shape index (κ3) is 1.36. The van der Waals surface area contributed by atoms with Crippen molar-refractivity contribution in [2.45, 2.75) is 0 Å². The summed E-state index contributed by atoms with van der Waals surface area (Å²) in [6.07, 6.45) is 0. The van der Waals surface area contributed by atoms with Gasteiger partial charge >= 0.3 is 60.2 Å². The summed E-state index contributed by atoms with van der Waals surface area (Å²) in [4.78, 5) is 0. The van der Waals surface area contributed by atoms with Gasteiger partial charge in [-0.1, -0.05) is 0 Å². The van der Waals surface area contributed by atoms with Gasteiger partial charge in [-0.15, -0.1) is 0 Å². The third-order valence-corrected chi connectivity index (χ3v) is 1.30. The van der Waals surface area contributed by atoms with E-state index >= 15 is 0 Å². The van der Waals surface area contributed by atoms with Crippen LogP contribution in [0.3, 0.4) is 0 Å². The zero-order valence-corrected chi connectivity index (χ0v) is 6.18. The third-order valence-electron chi connectivity index (χ3n) is 0.879. The maximum absolute atomic E-state index is 4.98. The Labute approximate surface area is 60.5 Å². The van der Waals surface area contributed by atoms with Crippen molar-refractivity contribution < 1.29 is 24.1 Å². The van der Waals surface area contributed by atoms with E-state index in [0.29, 0.717) is 0 Å². The quantitative estimate of drug-likeness (QED) is 0.536. The fourth-order valence-corrected chi connectivity index (χ4v) is 0.744. The molecule has 0 saturated carbocycles. The minimum atomic E-state index is 0.938. The monoisotopic (exact) mass is 142 g/mol. The fourth-order valence-electron chi connectivity index (χ4n) is 0.499. The molecule has 0 aliphatic rings. The number of hydrogen-bond donors (Lipinski definition) is 0. The molecular formula is C6H6OTi. The van der Waals surface area contributed by atoms with E-state index in [9.17, 15) is 0 Å². The van der Waals surface area contributed by atoms with Gasteiger partial charge in [-0.3, -0.25) is 0 Å². The molecule has 0 radical (unpaired) electrons. The summed E-state index contributed by atoms with van der Waals surface area (Å²) in [5.41, 5.74) is 0. The van der Waals surface area contributed by atoms with Crippen molar-refractivity contribution in [1.29, 1.82) is 0 Å². The van der Waals surface area contributed by atoms with Crippen LogP contribution < -0.4 is 3.32 Å². The Hall–Kier alpha value is -0.266. The summed E-state index contributed by atoms with van der Waals surface area (Å²) < 4.78 is 4.98. The number of benzene rings is 1. The molecule has 1 aromatic rings. The second kappa shape index (κ2) is 2.90. The van der Waals surface area contributed by atoms with E-state index in [0.717, 1.165) is 5.75 Å². The van der Waals surface area contributed by atoms with E-state index in [1.54, 1.807) is 0 Å². The van der Waals surface area contributed by atoms with Crippen LogP contribution in [0.1, 0.15) is 0 Å². The SMILES string of the molecule is [TiH][O]c1ccccc1.